The zero-order valence-electron chi connectivity index (χ0n) is 7.38. The number of hydrogen-bond donors (Lipinski definition) is 2. The Labute approximate surface area is 72.5 Å². The lowest BCUT2D eigenvalue weighted by atomic mass is 9.91. The Hall–Kier alpha value is -0.610. The zero-order valence-corrected chi connectivity index (χ0v) is 7.38. The number of ether oxygens (including phenoxy) is 1. The van der Waals surface area contributed by atoms with Gasteiger partial charge in [-0.2, -0.15) is 0 Å². The number of nitrogens with two attached hydrogens (primary N) is 1. The molecule has 0 aliphatic carbocycles. The van der Waals surface area contributed by atoms with Crippen molar-refractivity contribution in [3.63, 3.8) is 0 Å². The van der Waals surface area contributed by atoms with E-state index in [1.807, 2.05) is 0 Å². The molecule has 1 fully saturated rings. The van der Waals surface area contributed by atoms with E-state index in [9.17, 15) is 4.79 Å². The molecule has 1 aliphatic heterocycles. The van der Waals surface area contributed by atoms with E-state index >= 15 is 0 Å². The molecule has 0 radical (unpaired) electrons. The SMILES string of the molecule is COC(=O)C1CNCC(CN)C1. The molecule has 0 bridgehead atoms. The molecule has 1 rings (SSSR count). The third-order valence-electron chi connectivity index (χ3n) is 2.31. The van der Waals surface area contributed by atoms with E-state index in [4.69, 9.17) is 5.73 Å². The number of hydrogen-bond acceptors (Lipinski definition) is 4. The molecule has 4 heteroatoms. The summed E-state index contributed by atoms with van der Waals surface area (Å²) in [6.45, 7) is 2.29. The summed E-state index contributed by atoms with van der Waals surface area (Å²) in [4.78, 5) is 11.1. The monoisotopic (exact) mass is 172 g/mol. The van der Waals surface area contributed by atoms with Gasteiger partial charge < -0.3 is 15.8 Å². The second-order valence-electron chi connectivity index (χ2n) is 3.22. The van der Waals surface area contributed by atoms with Crippen molar-refractivity contribution in [2.45, 2.75) is 6.42 Å². The van der Waals surface area contributed by atoms with Crippen LogP contribution < -0.4 is 11.1 Å². The van der Waals surface area contributed by atoms with Gasteiger partial charge in [-0.3, -0.25) is 4.79 Å². The van der Waals surface area contributed by atoms with Gasteiger partial charge in [0.25, 0.3) is 0 Å². The molecule has 2 atom stereocenters. The standard InChI is InChI=1S/C8H16N2O2/c1-12-8(11)7-2-6(3-9)4-10-5-7/h6-7,10H,2-5,9H2,1H3. The summed E-state index contributed by atoms with van der Waals surface area (Å²) in [5.41, 5.74) is 5.51. The lowest BCUT2D eigenvalue weighted by molar-refractivity contribution is -0.146. The normalized spacial score (nSPS) is 29.8. The van der Waals surface area contributed by atoms with Crippen LogP contribution in [0.3, 0.4) is 0 Å². The van der Waals surface area contributed by atoms with Crippen molar-refractivity contribution < 1.29 is 9.53 Å². The van der Waals surface area contributed by atoms with Gasteiger partial charge in [-0.15, -0.1) is 0 Å². The van der Waals surface area contributed by atoms with Crippen LogP contribution >= 0.6 is 0 Å². The van der Waals surface area contributed by atoms with Crippen molar-refractivity contribution in [1.29, 1.82) is 0 Å². The number of rotatable bonds is 2. The van der Waals surface area contributed by atoms with Gasteiger partial charge in [0.1, 0.15) is 0 Å². The summed E-state index contributed by atoms with van der Waals surface area (Å²) < 4.78 is 4.66. The topological polar surface area (TPSA) is 64.3 Å². The molecule has 0 aromatic carbocycles. The molecule has 1 saturated heterocycles. The number of methoxy groups -OCH3 is 1. The van der Waals surface area contributed by atoms with Crippen LogP contribution in [0.5, 0.6) is 0 Å². The Morgan fingerprint density at radius 2 is 2.42 bits per heavy atom. The van der Waals surface area contributed by atoms with Gasteiger partial charge in [0.05, 0.1) is 13.0 Å². The summed E-state index contributed by atoms with van der Waals surface area (Å²) >= 11 is 0. The summed E-state index contributed by atoms with van der Waals surface area (Å²) in [7, 11) is 1.42. The lowest BCUT2D eigenvalue weighted by Crippen LogP contribution is -2.42. The van der Waals surface area contributed by atoms with Crippen LogP contribution in [0.1, 0.15) is 6.42 Å². The van der Waals surface area contributed by atoms with Crippen molar-refractivity contribution in [2.75, 3.05) is 26.7 Å². The summed E-state index contributed by atoms with van der Waals surface area (Å²) in [6, 6.07) is 0. The predicted molar refractivity (Wildman–Crippen MR) is 45.5 cm³/mol. The fourth-order valence-electron chi connectivity index (χ4n) is 1.56. The quantitative estimate of drug-likeness (QED) is 0.543. The Morgan fingerprint density at radius 1 is 1.67 bits per heavy atom. The van der Waals surface area contributed by atoms with Crippen molar-refractivity contribution in [1.82, 2.24) is 5.32 Å². The first-order chi connectivity index (χ1) is 5.77. The van der Waals surface area contributed by atoms with Crippen LogP contribution in [0.4, 0.5) is 0 Å². The summed E-state index contributed by atoms with van der Waals surface area (Å²) in [5.74, 6) is 0.292. The van der Waals surface area contributed by atoms with E-state index in [2.05, 4.69) is 10.1 Å². The second-order valence-corrected chi connectivity index (χ2v) is 3.22. The van der Waals surface area contributed by atoms with Crippen LogP contribution in [0, 0.1) is 11.8 Å². The van der Waals surface area contributed by atoms with E-state index in [1.54, 1.807) is 0 Å². The average molecular weight is 172 g/mol. The van der Waals surface area contributed by atoms with E-state index in [-0.39, 0.29) is 11.9 Å². The van der Waals surface area contributed by atoms with Gasteiger partial charge in [0.2, 0.25) is 0 Å². The molecule has 12 heavy (non-hydrogen) atoms. The Bertz CT molecular complexity index is 161. The first kappa shape index (κ1) is 9.48. The van der Waals surface area contributed by atoms with E-state index in [0.717, 1.165) is 19.5 Å². The number of carbonyl (C=O) groups excluding carboxylic acids is 1. The highest BCUT2D eigenvalue weighted by molar-refractivity contribution is 5.72. The van der Waals surface area contributed by atoms with E-state index < -0.39 is 0 Å². The molecule has 1 aliphatic rings. The third-order valence-corrected chi connectivity index (χ3v) is 2.31. The molecule has 0 amide bonds. The molecule has 3 N–H and O–H groups in total. The molecule has 4 nitrogen and oxygen atoms in total. The van der Waals surface area contributed by atoms with Crippen LogP contribution in [0.2, 0.25) is 0 Å². The maximum Gasteiger partial charge on any atom is 0.309 e. The Kier molecular flexibility index (Phi) is 3.49. The first-order valence-corrected chi connectivity index (χ1v) is 4.26. The van der Waals surface area contributed by atoms with Crippen molar-refractivity contribution >= 4 is 5.97 Å². The Morgan fingerprint density at radius 3 is 3.00 bits per heavy atom. The van der Waals surface area contributed by atoms with Gasteiger partial charge in [-0.25, -0.2) is 0 Å². The molecule has 0 saturated carbocycles. The van der Waals surface area contributed by atoms with Crippen LogP contribution in [-0.4, -0.2) is 32.7 Å². The van der Waals surface area contributed by atoms with Gasteiger partial charge in [-0.1, -0.05) is 0 Å². The first-order valence-electron chi connectivity index (χ1n) is 4.26. The smallest absolute Gasteiger partial charge is 0.309 e. The number of nitrogens with one attached hydrogen (secondary N) is 1. The van der Waals surface area contributed by atoms with E-state index in [1.165, 1.54) is 7.11 Å². The molecule has 1 heterocycles. The fraction of sp³-hybridized carbons (Fsp3) is 0.875. The molecule has 0 aromatic heterocycles. The number of piperidine rings is 1. The fourth-order valence-corrected chi connectivity index (χ4v) is 1.56. The third kappa shape index (κ3) is 2.19. The molecular formula is C8H16N2O2. The molecule has 0 aromatic rings. The van der Waals surface area contributed by atoms with Crippen LogP contribution in [-0.2, 0) is 9.53 Å². The highest BCUT2D eigenvalue weighted by Crippen LogP contribution is 2.16. The van der Waals surface area contributed by atoms with Gasteiger partial charge in [-0.05, 0) is 25.4 Å². The highest BCUT2D eigenvalue weighted by Gasteiger charge is 2.26. The second kappa shape index (κ2) is 4.42. The largest absolute Gasteiger partial charge is 0.469 e. The minimum Gasteiger partial charge on any atom is -0.469 e. The average Bonchev–Trinajstić information content (AvgIpc) is 2.17. The molecule has 70 valence electrons. The minimum absolute atomic E-state index is 0.00250. The van der Waals surface area contributed by atoms with Gasteiger partial charge >= 0.3 is 5.97 Å². The Balaban J connectivity index is 2.40. The van der Waals surface area contributed by atoms with Gasteiger partial charge in [0, 0.05) is 6.54 Å². The number of esters is 1. The minimum atomic E-state index is -0.124. The van der Waals surface area contributed by atoms with Crippen molar-refractivity contribution in [3.05, 3.63) is 0 Å². The lowest BCUT2D eigenvalue weighted by Gasteiger charge is -2.27. The van der Waals surface area contributed by atoms with Gasteiger partial charge in [0.15, 0.2) is 0 Å². The molecule has 0 spiro atoms. The summed E-state index contributed by atoms with van der Waals surface area (Å²) in [6.07, 6.45) is 0.857. The highest BCUT2D eigenvalue weighted by atomic mass is 16.5. The molecule has 2 unspecified atom stereocenters. The van der Waals surface area contributed by atoms with Crippen LogP contribution in [0.25, 0.3) is 0 Å². The van der Waals surface area contributed by atoms with Crippen molar-refractivity contribution in [3.8, 4) is 0 Å². The van der Waals surface area contributed by atoms with E-state index in [0.29, 0.717) is 12.5 Å². The summed E-state index contributed by atoms with van der Waals surface area (Å²) in [5, 5.41) is 3.17. The maximum atomic E-state index is 11.1. The number of carbonyl (C=O) groups is 1. The zero-order chi connectivity index (χ0) is 8.97. The maximum absolute atomic E-state index is 11.1. The predicted octanol–water partition coefficient (Wildman–Crippen LogP) is -0.656. The van der Waals surface area contributed by atoms with Crippen molar-refractivity contribution in [2.24, 2.45) is 17.6 Å². The molecular weight excluding hydrogens is 156 g/mol. The van der Waals surface area contributed by atoms with Crippen LogP contribution in [0.15, 0.2) is 0 Å².